The van der Waals surface area contributed by atoms with E-state index >= 15 is 0 Å². The largest absolute Gasteiger partial charge is 0.504 e. The summed E-state index contributed by atoms with van der Waals surface area (Å²) < 4.78 is 23.1. The van der Waals surface area contributed by atoms with Crippen LogP contribution >= 0.6 is 0 Å². The SMILES string of the molecule is CC.CCC.COc1cccc(C2CC(C)(N3CCCC3)Oc3cc4c(cc32)OCO4)c1O. The fourth-order valence-corrected chi connectivity index (χ4v) is 4.71. The van der Waals surface area contributed by atoms with E-state index < -0.39 is 5.72 Å². The molecular weight excluding hydrogens is 418 g/mol. The number of aromatic hydroxyl groups is 1. The number of benzene rings is 2. The molecule has 0 spiro atoms. The molecule has 2 aromatic rings. The second kappa shape index (κ2) is 11.0. The van der Waals surface area contributed by atoms with E-state index in [9.17, 15) is 5.11 Å². The Morgan fingerprint density at radius 3 is 2.30 bits per heavy atom. The van der Waals surface area contributed by atoms with E-state index in [0.717, 1.165) is 42.1 Å². The highest BCUT2D eigenvalue weighted by Gasteiger charge is 2.44. The third-order valence-corrected chi connectivity index (χ3v) is 6.19. The Morgan fingerprint density at radius 2 is 1.67 bits per heavy atom. The number of methoxy groups -OCH3 is 1. The van der Waals surface area contributed by atoms with Crippen molar-refractivity contribution in [2.75, 3.05) is 27.0 Å². The molecule has 1 N–H and O–H groups in total. The van der Waals surface area contributed by atoms with Gasteiger partial charge in [-0.3, -0.25) is 4.90 Å². The Kier molecular flexibility index (Phi) is 8.35. The van der Waals surface area contributed by atoms with Gasteiger partial charge in [-0.2, -0.15) is 0 Å². The number of hydrogen-bond donors (Lipinski definition) is 1. The Labute approximate surface area is 198 Å². The molecule has 0 aromatic heterocycles. The molecule has 182 valence electrons. The van der Waals surface area contributed by atoms with Crippen molar-refractivity contribution >= 4 is 0 Å². The van der Waals surface area contributed by atoms with Crippen molar-refractivity contribution < 1.29 is 24.1 Å². The van der Waals surface area contributed by atoms with Crippen LogP contribution in [0.25, 0.3) is 0 Å². The number of nitrogens with zero attached hydrogens (tertiary/aromatic N) is 1. The van der Waals surface area contributed by atoms with Crippen molar-refractivity contribution in [2.45, 2.75) is 71.9 Å². The summed E-state index contributed by atoms with van der Waals surface area (Å²) in [7, 11) is 1.57. The number of ether oxygens (including phenoxy) is 4. The fourth-order valence-electron chi connectivity index (χ4n) is 4.71. The van der Waals surface area contributed by atoms with E-state index in [1.807, 2.05) is 38.1 Å². The average molecular weight is 458 g/mol. The minimum atomic E-state index is -0.447. The zero-order valence-electron chi connectivity index (χ0n) is 20.9. The number of fused-ring (bicyclic) bond motifs is 2. The molecule has 2 aromatic carbocycles. The van der Waals surface area contributed by atoms with E-state index in [1.165, 1.54) is 19.3 Å². The molecular formula is C27H39NO5. The first-order valence-electron chi connectivity index (χ1n) is 12.2. The lowest BCUT2D eigenvalue weighted by Gasteiger charge is -2.45. The number of likely N-dealkylation sites (tertiary alicyclic amines) is 1. The van der Waals surface area contributed by atoms with Crippen LogP contribution < -0.4 is 18.9 Å². The van der Waals surface area contributed by atoms with Crippen LogP contribution in [0.4, 0.5) is 0 Å². The summed E-state index contributed by atoms with van der Waals surface area (Å²) in [5.41, 5.74) is 1.40. The van der Waals surface area contributed by atoms with Gasteiger partial charge in [0.15, 0.2) is 28.7 Å². The zero-order valence-corrected chi connectivity index (χ0v) is 20.9. The molecule has 33 heavy (non-hydrogen) atoms. The van der Waals surface area contributed by atoms with Crippen LogP contribution in [0.15, 0.2) is 30.3 Å². The summed E-state index contributed by atoms with van der Waals surface area (Å²) in [6.07, 6.45) is 4.35. The van der Waals surface area contributed by atoms with E-state index in [0.29, 0.717) is 11.5 Å². The van der Waals surface area contributed by atoms with Crippen molar-refractivity contribution in [3.63, 3.8) is 0 Å². The molecule has 1 saturated heterocycles. The van der Waals surface area contributed by atoms with Crippen molar-refractivity contribution in [1.82, 2.24) is 4.90 Å². The van der Waals surface area contributed by atoms with Crippen molar-refractivity contribution in [3.05, 3.63) is 41.5 Å². The number of rotatable bonds is 3. The molecule has 0 amide bonds. The number of phenols is 1. The topological polar surface area (TPSA) is 60.4 Å². The van der Waals surface area contributed by atoms with Gasteiger partial charge in [0.25, 0.3) is 0 Å². The van der Waals surface area contributed by atoms with Gasteiger partial charge in [0.1, 0.15) is 5.75 Å². The minimum Gasteiger partial charge on any atom is -0.504 e. The molecule has 0 bridgehead atoms. The van der Waals surface area contributed by atoms with Gasteiger partial charge in [-0.1, -0.05) is 46.2 Å². The molecule has 6 heteroatoms. The lowest BCUT2D eigenvalue weighted by molar-refractivity contribution is -0.0769. The number of hydrogen-bond acceptors (Lipinski definition) is 6. The normalized spacial score (nSPS) is 22.8. The van der Waals surface area contributed by atoms with Gasteiger partial charge in [0, 0.05) is 42.6 Å². The van der Waals surface area contributed by atoms with Crippen molar-refractivity contribution in [1.29, 1.82) is 0 Å². The van der Waals surface area contributed by atoms with Gasteiger partial charge in [-0.05, 0) is 31.9 Å². The first-order valence-corrected chi connectivity index (χ1v) is 12.2. The standard InChI is InChI=1S/C22H25NO5.C3H8.C2H6/c1-22(23-8-3-4-9-23)12-16(14-6-5-7-17(25-2)21(14)24)15-10-19-20(27-13-26-19)11-18(15)28-22;1-3-2;1-2/h5-7,10-11,16,24H,3-4,8-9,12-13H2,1-2H3;3H2,1-2H3;1-2H3. The molecule has 2 atom stereocenters. The quantitative estimate of drug-likeness (QED) is 0.584. The summed E-state index contributed by atoms with van der Waals surface area (Å²) in [5, 5.41) is 10.9. The van der Waals surface area contributed by atoms with Gasteiger partial charge in [-0.15, -0.1) is 0 Å². The highest BCUT2D eigenvalue weighted by Crippen LogP contribution is 2.52. The van der Waals surface area contributed by atoms with Gasteiger partial charge >= 0.3 is 0 Å². The Hall–Kier alpha value is -2.60. The maximum atomic E-state index is 10.9. The second-order valence-electron chi connectivity index (χ2n) is 8.58. The second-order valence-corrected chi connectivity index (χ2v) is 8.58. The third-order valence-electron chi connectivity index (χ3n) is 6.19. The average Bonchev–Trinajstić information content (AvgIpc) is 3.52. The maximum Gasteiger partial charge on any atom is 0.231 e. The van der Waals surface area contributed by atoms with Gasteiger partial charge < -0.3 is 24.1 Å². The van der Waals surface area contributed by atoms with Crippen molar-refractivity contribution in [2.24, 2.45) is 0 Å². The number of para-hydroxylation sites is 1. The first kappa shape index (κ1) is 25.0. The third kappa shape index (κ3) is 5.01. The van der Waals surface area contributed by atoms with Crippen LogP contribution in [-0.4, -0.2) is 42.7 Å². The lowest BCUT2D eigenvalue weighted by Crippen LogP contribution is -2.52. The summed E-state index contributed by atoms with van der Waals surface area (Å²) in [4.78, 5) is 2.41. The van der Waals surface area contributed by atoms with Crippen LogP contribution in [0.2, 0.25) is 0 Å². The predicted octanol–water partition coefficient (Wildman–Crippen LogP) is 6.30. The first-order chi connectivity index (χ1) is 16.0. The van der Waals surface area contributed by atoms with Gasteiger partial charge in [0.05, 0.1) is 7.11 Å². The van der Waals surface area contributed by atoms with E-state index in [1.54, 1.807) is 13.2 Å². The number of phenolic OH excluding ortho intramolecular Hbond substituents is 1. The molecule has 5 rings (SSSR count). The summed E-state index contributed by atoms with van der Waals surface area (Å²) in [5.74, 6) is 2.84. The molecule has 3 heterocycles. The summed E-state index contributed by atoms with van der Waals surface area (Å²) in [6, 6.07) is 9.58. The fraction of sp³-hybridized carbons (Fsp3) is 0.556. The van der Waals surface area contributed by atoms with Crippen molar-refractivity contribution in [3.8, 4) is 28.7 Å². The zero-order chi connectivity index (χ0) is 24.0. The molecule has 3 aliphatic heterocycles. The summed E-state index contributed by atoms with van der Waals surface area (Å²) >= 11 is 0. The molecule has 3 aliphatic rings. The Bertz CT molecular complexity index is 925. The molecule has 2 unspecified atom stereocenters. The van der Waals surface area contributed by atoms with E-state index in [4.69, 9.17) is 18.9 Å². The molecule has 1 fully saturated rings. The smallest absolute Gasteiger partial charge is 0.231 e. The molecule has 0 aliphatic carbocycles. The molecule has 0 saturated carbocycles. The highest BCUT2D eigenvalue weighted by molar-refractivity contribution is 5.58. The van der Waals surface area contributed by atoms with E-state index in [2.05, 4.69) is 25.7 Å². The monoisotopic (exact) mass is 457 g/mol. The van der Waals surface area contributed by atoms with Gasteiger partial charge in [0.2, 0.25) is 6.79 Å². The summed E-state index contributed by atoms with van der Waals surface area (Å²) in [6.45, 7) is 12.7. The molecule has 0 radical (unpaired) electrons. The maximum absolute atomic E-state index is 10.9. The predicted molar refractivity (Wildman–Crippen MR) is 131 cm³/mol. The Morgan fingerprint density at radius 1 is 1.03 bits per heavy atom. The lowest BCUT2D eigenvalue weighted by atomic mass is 9.81. The Balaban J connectivity index is 0.000000569. The van der Waals surface area contributed by atoms with Crippen LogP contribution in [0.5, 0.6) is 28.7 Å². The van der Waals surface area contributed by atoms with Crippen LogP contribution in [0, 0.1) is 0 Å². The van der Waals surface area contributed by atoms with Crippen LogP contribution in [0.1, 0.15) is 77.3 Å². The van der Waals surface area contributed by atoms with Gasteiger partial charge in [-0.25, -0.2) is 0 Å². The van der Waals surface area contributed by atoms with Crippen LogP contribution in [-0.2, 0) is 0 Å². The molecule has 6 nitrogen and oxygen atoms in total. The van der Waals surface area contributed by atoms with E-state index in [-0.39, 0.29) is 18.5 Å². The highest BCUT2D eigenvalue weighted by atomic mass is 16.7. The minimum absolute atomic E-state index is 0.0426. The van der Waals surface area contributed by atoms with Crippen LogP contribution in [0.3, 0.4) is 0 Å².